The first kappa shape index (κ1) is 23.3. The largest absolute Gasteiger partial charge is 0.347 e. The van der Waals surface area contributed by atoms with Crippen molar-refractivity contribution in [3.05, 3.63) is 24.3 Å². The van der Waals surface area contributed by atoms with Crippen LogP contribution in [0.15, 0.2) is 29.2 Å². The molecule has 1 saturated heterocycles. The standard InChI is InChI=1S/C20H32N4O4S/c1-15(23(5)14-18(25)22-20(2,3)4)19(26)21-16-8-10-17(11-9-16)29(27,28)24-12-6-7-13-24/h8-11,15H,6-7,12-14H2,1-5H3,(H,21,26)(H,22,25)/p+1/t15-/m1/s1. The van der Waals surface area contributed by atoms with Gasteiger partial charge in [0.2, 0.25) is 10.0 Å². The fourth-order valence-corrected chi connectivity index (χ4v) is 4.65. The highest BCUT2D eigenvalue weighted by Crippen LogP contribution is 2.22. The highest BCUT2D eigenvalue weighted by atomic mass is 32.2. The fourth-order valence-electron chi connectivity index (χ4n) is 3.13. The van der Waals surface area contributed by atoms with Crippen LogP contribution in [0.4, 0.5) is 5.69 Å². The topological polar surface area (TPSA) is 100 Å². The van der Waals surface area contributed by atoms with Gasteiger partial charge in [-0.05, 0) is 64.8 Å². The van der Waals surface area contributed by atoms with Gasteiger partial charge in [-0.2, -0.15) is 4.31 Å². The number of anilines is 1. The number of nitrogens with one attached hydrogen (secondary N) is 3. The monoisotopic (exact) mass is 425 g/mol. The van der Waals surface area contributed by atoms with Crippen molar-refractivity contribution in [1.82, 2.24) is 9.62 Å². The van der Waals surface area contributed by atoms with Crippen molar-refractivity contribution >= 4 is 27.5 Å². The van der Waals surface area contributed by atoms with E-state index in [1.807, 2.05) is 20.8 Å². The zero-order chi connectivity index (χ0) is 21.8. The van der Waals surface area contributed by atoms with Crippen LogP contribution in [0, 0.1) is 0 Å². The summed E-state index contributed by atoms with van der Waals surface area (Å²) in [7, 11) is -1.68. The minimum Gasteiger partial charge on any atom is -0.347 e. The average molecular weight is 426 g/mol. The number of carbonyl (C=O) groups is 2. The van der Waals surface area contributed by atoms with E-state index >= 15 is 0 Å². The number of rotatable bonds is 7. The molecule has 0 radical (unpaired) electrons. The first-order chi connectivity index (χ1) is 13.4. The van der Waals surface area contributed by atoms with Crippen LogP contribution in [0.3, 0.4) is 0 Å². The lowest BCUT2D eigenvalue weighted by atomic mass is 10.1. The summed E-state index contributed by atoms with van der Waals surface area (Å²) in [6.45, 7) is 8.75. The van der Waals surface area contributed by atoms with Gasteiger partial charge in [0.05, 0.1) is 11.9 Å². The SMILES string of the molecule is C[C@H](C(=O)Nc1ccc(S(=O)(=O)N2CCCC2)cc1)[NH+](C)CC(=O)NC(C)(C)C. The second-order valence-corrected chi connectivity index (χ2v) is 10.6. The Balaban J connectivity index is 1.95. The summed E-state index contributed by atoms with van der Waals surface area (Å²) >= 11 is 0. The molecule has 1 aliphatic rings. The van der Waals surface area contributed by atoms with Gasteiger partial charge in [0, 0.05) is 24.3 Å². The lowest BCUT2D eigenvalue weighted by Gasteiger charge is -2.24. The molecule has 9 heteroatoms. The van der Waals surface area contributed by atoms with Crippen molar-refractivity contribution in [2.24, 2.45) is 0 Å². The summed E-state index contributed by atoms with van der Waals surface area (Å²) in [6.07, 6.45) is 1.77. The Morgan fingerprint density at radius 1 is 1.14 bits per heavy atom. The molecule has 1 heterocycles. The summed E-state index contributed by atoms with van der Waals surface area (Å²) in [6, 6.07) is 5.77. The first-order valence-electron chi connectivity index (χ1n) is 9.94. The molecule has 2 rings (SSSR count). The Hall–Kier alpha value is -1.97. The summed E-state index contributed by atoms with van der Waals surface area (Å²) in [5, 5.41) is 5.68. The molecule has 1 aromatic carbocycles. The number of hydrogen-bond acceptors (Lipinski definition) is 4. The normalized spacial score (nSPS) is 17.6. The predicted octanol–water partition coefficient (Wildman–Crippen LogP) is 0.228. The Bertz CT molecular complexity index is 825. The maximum absolute atomic E-state index is 12.6. The van der Waals surface area contributed by atoms with Crippen molar-refractivity contribution in [2.75, 3.05) is 32.0 Å². The molecule has 0 saturated carbocycles. The molecule has 2 atom stereocenters. The molecule has 162 valence electrons. The van der Waals surface area contributed by atoms with Crippen LogP contribution in [0.5, 0.6) is 0 Å². The molecule has 2 amide bonds. The van der Waals surface area contributed by atoms with Crippen LogP contribution in [0.2, 0.25) is 0 Å². The van der Waals surface area contributed by atoms with Crippen LogP contribution >= 0.6 is 0 Å². The fraction of sp³-hybridized carbons (Fsp3) is 0.600. The molecular weight excluding hydrogens is 392 g/mol. The lowest BCUT2D eigenvalue weighted by Crippen LogP contribution is -3.15. The minimum atomic E-state index is -3.47. The maximum atomic E-state index is 12.6. The van der Waals surface area contributed by atoms with Gasteiger partial charge in [0.1, 0.15) is 0 Å². The Labute approximate surface area is 173 Å². The van der Waals surface area contributed by atoms with Gasteiger partial charge >= 0.3 is 0 Å². The van der Waals surface area contributed by atoms with Crippen LogP contribution < -0.4 is 15.5 Å². The molecule has 0 bridgehead atoms. The van der Waals surface area contributed by atoms with E-state index < -0.39 is 16.1 Å². The van der Waals surface area contributed by atoms with E-state index in [-0.39, 0.29) is 28.8 Å². The van der Waals surface area contributed by atoms with E-state index in [1.165, 1.54) is 16.4 Å². The second-order valence-electron chi connectivity index (χ2n) is 8.67. The molecule has 0 spiro atoms. The van der Waals surface area contributed by atoms with Gasteiger partial charge in [0.15, 0.2) is 12.6 Å². The molecule has 29 heavy (non-hydrogen) atoms. The molecule has 1 unspecified atom stereocenters. The Kier molecular flexibility index (Phi) is 7.42. The molecule has 0 aromatic heterocycles. The summed E-state index contributed by atoms with van der Waals surface area (Å²) in [5.74, 6) is -0.354. The molecule has 1 aliphatic heterocycles. The Morgan fingerprint density at radius 2 is 1.69 bits per heavy atom. The number of nitrogens with zero attached hydrogens (tertiary/aromatic N) is 1. The number of sulfonamides is 1. The van der Waals surface area contributed by atoms with Gasteiger partial charge in [-0.3, -0.25) is 9.59 Å². The second kappa shape index (κ2) is 9.23. The summed E-state index contributed by atoms with van der Waals surface area (Å²) < 4.78 is 26.6. The van der Waals surface area contributed by atoms with Crippen molar-refractivity contribution < 1.29 is 22.9 Å². The van der Waals surface area contributed by atoms with Crippen LogP contribution in [-0.2, 0) is 19.6 Å². The average Bonchev–Trinajstić information content (AvgIpc) is 3.15. The number of benzene rings is 1. The molecule has 1 aromatic rings. The van der Waals surface area contributed by atoms with Crippen molar-refractivity contribution in [3.8, 4) is 0 Å². The van der Waals surface area contributed by atoms with Crippen molar-refractivity contribution in [1.29, 1.82) is 0 Å². The molecule has 0 aliphatic carbocycles. The van der Waals surface area contributed by atoms with Gasteiger partial charge < -0.3 is 15.5 Å². The van der Waals surface area contributed by atoms with E-state index in [9.17, 15) is 18.0 Å². The van der Waals surface area contributed by atoms with Crippen LogP contribution in [0.1, 0.15) is 40.5 Å². The zero-order valence-electron chi connectivity index (χ0n) is 17.9. The molecule has 1 fully saturated rings. The minimum absolute atomic E-state index is 0.119. The number of likely N-dealkylation sites (N-methyl/N-ethyl adjacent to an activating group) is 1. The zero-order valence-corrected chi connectivity index (χ0v) is 18.7. The van der Waals surface area contributed by atoms with Gasteiger partial charge in [-0.25, -0.2) is 8.42 Å². The van der Waals surface area contributed by atoms with Gasteiger partial charge in [0.25, 0.3) is 11.8 Å². The number of quaternary nitrogens is 1. The lowest BCUT2D eigenvalue weighted by molar-refractivity contribution is -0.885. The summed E-state index contributed by atoms with van der Waals surface area (Å²) in [5.41, 5.74) is 0.203. The highest BCUT2D eigenvalue weighted by molar-refractivity contribution is 7.89. The quantitative estimate of drug-likeness (QED) is 0.582. The molecule has 8 nitrogen and oxygen atoms in total. The van der Waals surface area contributed by atoms with Crippen LogP contribution in [0.25, 0.3) is 0 Å². The van der Waals surface area contributed by atoms with Gasteiger partial charge in [-0.1, -0.05) is 0 Å². The third-order valence-corrected chi connectivity index (χ3v) is 6.82. The van der Waals surface area contributed by atoms with Crippen molar-refractivity contribution in [2.45, 2.75) is 57.0 Å². The number of amides is 2. The predicted molar refractivity (Wildman–Crippen MR) is 112 cm³/mol. The van der Waals surface area contributed by atoms with E-state index in [4.69, 9.17) is 0 Å². The van der Waals surface area contributed by atoms with E-state index in [0.717, 1.165) is 17.7 Å². The van der Waals surface area contributed by atoms with Crippen LogP contribution in [-0.4, -0.2) is 62.8 Å². The first-order valence-corrected chi connectivity index (χ1v) is 11.4. The Morgan fingerprint density at radius 3 is 2.21 bits per heavy atom. The summed E-state index contributed by atoms with van der Waals surface area (Å²) in [4.78, 5) is 25.6. The highest BCUT2D eigenvalue weighted by Gasteiger charge is 2.28. The van der Waals surface area contributed by atoms with E-state index in [2.05, 4.69) is 10.6 Å². The van der Waals surface area contributed by atoms with Gasteiger partial charge in [-0.15, -0.1) is 0 Å². The third-order valence-electron chi connectivity index (χ3n) is 4.91. The number of hydrogen-bond donors (Lipinski definition) is 3. The van der Waals surface area contributed by atoms with E-state index in [1.54, 1.807) is 26.1 Å². The third kappa shape index (κ3) is 6.52. The molecule has 3 N–H and O–H groups in total. The van der Waals surface area contributed by atoms with Crippen molar-refractivity contribution in [3.63, 3.8) is 0 Å². The maximum Gasteiger partial charge on any atom is 0.282 e. The number of carbonyl (C=O) groups excluding carboxylic acids is 2. The van der Waals surface area contributed by atoms with E-state index in [0.29, 0.717) is 18.8 Å². The smallest absolute Gasteiger partial charge is 0.282 e. The molecular formula is C20H33N4O4S+.